The van der Waals surface area contributed by atoms with Gasteiger partial charge in [-0.3, -0.25) is 9.80 Å². The van der Waals surface area contributed by atoms with E-state index < -0.39 is 0 Å². The summed E-state index contributed by atoms with van der Waals surface area (Å²) in [6, 6.07) is 11.9. The van der Waals surface area contributed by atoms with E-state index in [1.54, 1.807) is 0 Å². The summed E-state index contributed by atoms with van der Waals surface area (Å²) in [7, 11) is 0. The minimum atomic E-state index is 0.630. The summed E-state index contributed by atoms with van der Waals surface area (Å²) in [5, 5.41) is 0. The van der Waals surface area contributed by atoms with E-state index in [1.807, 2.05) is 0 Å². The molecule has 1 saturated heterocycles. The topological polar surface area (TPSA) is 37.2 Å². The van der Waals surface area contributed by atoms with Gasteiger partial charge >= 0.3 is 0 Å². The van der Waals surface area contributed by atoms with Gasteiger partial charge in [-0.05, 0) is 69.8 Å². The van der Waals surface area contributed by atoms with E-state index in [4.69, 9.17) is 9.97 Å². The second kappa shape index (κ2) is 10.8. The highest BCUT2D eigenvalue weighted by Gasteiger charge is 2.26. The monoisotopic (exact) mass is 559 g/mol. The third kappa shape index (κ3) is 5.77. The molecule has 0 amide bonds. The highest BCUT2D eigenvalue weighted by molar-refractivity contribution is 14.1. The molecule has 178 valence electrons. The van der Waals surface area contributed by atoms with E-state index in [-0.39, 0.29) is 0 Å². The van der Waals surface area contributed by atoms with E-state index in [1.165, 1.54) is 49.3 Å². The first-order valence-corrected chi connectivity index (χ1v) is 13.6. The second-order valence-corrected chi connectivity index (χ2v) is 11.1. The van der Waals surface area contributed by atoms with Gasteiger partial charge in [0.05, 0.1) is 10.6 Å². The van der Waals surface area contributed by atoms with Crippen LogP contribution in [0.25, 0.3) is 11.2 Å². The van der Waals surface area contributed by atoms with E-state index >= 15 is 0 Å². The number of benzene rings is 1. The minimum absolute atomic E-state index is 0.630. The lowest BCUT2D eigenvalue weighted by Crippen LogP contribution is -2.52. The number of alkyl halides is 1. The normalized spacial score (nSPS) is 18.0. The molecule has 33 heavy (non-hydrogen) atoms. The smallest absolute Gasteiger partial charge is 0.160 e. The lowest BCUT2D eigenvalue weighted by atomic mass is 10.1. The quantitative estimate of drug-likeness (QED) is 0.211. The minimum Gasteiger partial charge on any atom is -0.308 e. The maximum absolute atomic E-state index is 4.88. The number of nitrogens with zero attached hydrogens (tertiary/aromatic N) is 5. The SMILES string of the molecule is CCc1nc2c(C)cc(C)nc2n1Cc1ccc(CCCN2CCN(C(C)C)C(I)C2)cc1. The van der Waals surface area contributed by atoms with Crippen LogP contribution in [0.2, 0.25) is 0 Å². The van der Waals surface area contributed by atoms with E-state index in [9.17, 15) is 0 Å². The van der Waals surface area contributed by atoms with Gasteiger partial charge in [0, 0.05) is 37.8 Å². The van der Waals surface area contributed by atoms with Crippen molar-refractivity contribution in [1.29, 1.82) is 0 Å². The van der Waals surface area contributed by atoms with Crippen LogP contribution >= 0.6 is 22.6 Å². The van der Waals surface area contributed by atoms with Crippen molar-refractivity contribution in [2.24, 2.45) is 0 Å². The molecule has 3 heterocycles. The molecule has 3 aromatic rings. The molecule has 1 aliphatic rings. The van der Waals surface area contributed by atoms with Crippen LogP contribution in [0.1, 0.15) is 55.4 Å². The molecule has 1 aromatic carbocycles. The Morgan fingerprint density at radius 1 is 1.06 bits per heavy atom. The molecule has 5 nitrogen and oxygen atoms in total. The molecule has 0 aliphatic carbocycles. The average Bonchev–Trinajstić information content (AvgIpc) is 3.12. The van der Waals surface area contributed by atoms with Crippen LogP contribution < -0.4 is 0 Å². The van der Waals surface area contributed by atoms with Crippen LogP contribution in [-0.2, 0) is 19.4 Å². The molecule has 0 radical (unpaired) electrons. The molecule has 1 aliphatic heterocycles. The van der Waals surface area contributed by atoms with Crippen molar-refractivity contribution in [2.45, 2.75) is 70.5 Å². The fourth-order valence-corrected chi connectivity index (χ4v) is 6.45. The van der Waals surface area contributed by atoms with E-state index in [0.717, 1.165) is 42.1 Å². The number of rotatable bonds is 8. The molecular formula is C27H38IN5. The van der Waals surface area contributed by atoms with E-state index in [2.05, 4.69) is 102 Å². The lowest BCUT2D eigenvalue weighted by molar-refractivity contribution is 0.0987. The van der Waals surface area contributed by atoms with Crippen molar-refractivity contribution in [3.63, 3.8) is 0 Å². The Hall–Kier alpha value is -1.51. The highest BCUT2D eigenvalue weighted by Crippen LogP contribution is 2.22. The summed E-state index contributed by atoms with van der Waals surface area (Å²) >= 11 is 2.61. The fraction of sp³-hybridized carbons (Fsp3) is 0.556. The molecule has 4 rings (SSSR count). The van der Waals surface area contributed by atoms with Crippen molar-refractivity contribution < 1.29 is 0 Å². The number of pyridine rings is 1. The summed E-state index contributed by atoms with van der Waals surface area (Å²) < 4.78 is 2.92. The van der Waals surface area contributed by atoms with Crippen LogP contribution in [0.4, 0.5) is 0 Å². The van der Waals surface area contributed by atoms with Crippen LogP contribution in [0.3, 0.4) is 0 Å². The van der Waals surface area contributed by atoms with Gasteiger partial charge in [-0.15, -0.1) is 0 Å². The number of hydrogen-bond donors (Lipinski definition) is 0. The first-order chi connectivity index (χ1) is 15.9. The predicted octanol–water partition coefficient (Wildman–Crippen LogP) is 5.38. The van der Waals surface area contributed by atoms with Crippen LogP contribution in [0, 0.1) is 13.8 Å². The van der Waals surface area contributed by atoms with Gasteiger partial charge in [0.1, 0.15) is 11.3 Å². The summed E-state index contributed by atoms with van der Waals surface area (Å²) in [6.45, 7) is 16.6. The standard InChI is InChI=1S/C27H38IN5/c1-6-25-30-26-20(4)16-21(5)29-27(26)33(25)17-23-11-9-22(10-12-23)8-7-13-31-14-15-32(19(2)3)24(28)18-31/h9-12,16,19,24H,6-8,13-15,17-18H2,1-5H3. The predicted molar refractivity (Wildman–Crippen MR) is 146 cm³/mol. The molecule has 0 bridgehead atoms. The zero-order chi connectivity index (χ0) is 23.5. The zero-order valence-corrected chi connectivity index (χ0v) is 23.0. The Balaban J connectivity index is 1.35. The fourth-order valence-electron chi connectivity index (χ4n) is 4.98. The van der Waals surface area contributed by atoms with Crippen LogP contribution in [-0.4, -0.2) is 60.6 Å². The average molecular weight is 560 g/mol. The molecule has 0 spiro atoms. The van der Waals surface area contributed by atoms with Gasteiger partial charge in [-0.25, -0.2) is 9.97 Å². The Morgan fingerprint density at radius 3 is 2.45 bits per heavy atom. The molecule has 2 aromatic heterocycles. The number of aromatic nitrogens is 3. The highest BCUT2D eigenvalue weighted by atomic mass is 127. The van der Waals surface area contributed by atoms with Crippen LogP contribution in [0.5, 0.6) is 0 Å². The Bertz CT molecular complexity index is 1070. The Kier molecular flexibility index (Phi) is 8.07. The van der Waals surface area contributed by atoms with Crippen molar-refractivity contribution in [2.75, 3.05) is 26.2 Å². The van der Waals surface area contributed by atoms with Crippen molar-refractivity contribution >= 4 is 33.8 Å². The van der Waals surface area contributed by atoms with Gasteiger partial charge in [0.2, 0.25) is 0 Å². The number of piperazine rings is 1. The summed E-state index contributed by atoms with van der Waals surface area (Å²) in [4.78, 5) is 14.9. The van der Waals surface area contributed by atoms with Crippen molar-refractivity contribution in [3.8, 4) is 0 Å². The number of halogens is 1. The lowest BCUT2D eigenvalue weighted by Gasteiger charge is -2.41. The second-order valence-electron chi connectivity index (χ2n) is 9.71. The van der Waals surface area contributed by atoms with Gasteiger partial charge < -0.3 is 4.57 Å². The number of hydrogen-bond acceptors (Lipinski definition) is 4. The largest absolute Gasteiger partial charge is 0.308 e. The van der Waals surface area contributed by atoms with Gasteiger partial charge in [-0.2, -0.15) is 0 Å². The third-order valence-corrected chi connectivity index (χ3v) is 7.94. The maximum Gasteiger partial charge on any atom is 0.160 e. The van der Waals surface area contributed by atoms with Crippen molar-refractivity contribution in [1.82, 2.24) is 24.3 Å². The van der Waals surface area contributed by atoms with Crippen molar-refractivity contribution in [3.05, 3.63) is 58.5 Å². The maximum atomic E-state index is 4.88. The molecule has 0 N–H and O–H groups in total. The first kappa shape index (κ1) is 24.6. The zero-order valence-electron chi connectivity index (χ0n) is 20.8. The number of imidazole rings is 1. The summed E-state index contributed by atoms with van der Waals surface area (Å²) in [6.07, 6.45) is 3.28. The molecule has 6 heteroatoms. The number of aryl methyl sites for hydroxylation is 4. The third-order valence-electron chi connectivity index (χ3n) is 6.83. The Morgan fingerprint density at radius 2 is 1.79 bits per heavy atom. The van der Waals surface area contributed by atoms with Gasteiger partial charge in [-0.1, -0.05) is 53.8 Å². The van der Waals surface area contributed by atoms with Gasteiger partial charge in [0.25, 0.3) is 0 Å². The van der Waals surface area contributed by atoms with Gasteiger partial charge in [0.15, 0.2) is 5.65 Å². The summed E-state index contributed by atoms with van der Waals surface area (Å²) in [5.41, 5.74) is 7.06. The summed E-state index contributed by atoms with van der Waals surface area (Å²) in [5.74, 6) is 1.11. The Labute approximate surface area is 212 Å². The van der Waals surface area contributed by atoms with E-state index in [0.29, 0.717) is 10.1 Å². The molecule has 0 saturated carbocycles. The molecule has 1 atom stereocenters. The molecular weight excluding hydrogens is 521 g/mol. The molecule has 1 unspecified atom stereocenters. The first-order valence-electron chi connectivity index (χ1n) is 12.4. The molecule has 1 fully saturated rings. The van der Waals surface area contributed by atoms with Crippen LogP contribution in [0.15, 0.2) is 30.3 Å². The number of fused-ring (bicyclic) bond motifs is 1.